The van der Waals surface area contributed by atoms with E-state index in [-0.39, 0.29) is 5.57 Å². The van der Waals surface area contributed by atoms with Gasteiger partial charge in [0.2, 0.25) is 0 Å². The zero-order valence-corrected chi connectivity index (χ0v) is 4.38. The Labute approximate surface area is 46.6 Å². The minimum atomic E-state index is -1.34. The van der Waals surface area contributed by atoms with Crippen molar-refractivity contribution in [3.63, 3.8) is 0 Å². The van der Waals surface area contributed by atoms with Crippen molar-refractivity contribution in [2.75, 3.05) is 0 Å². The number of aliphatic carboxylic acids is 1. The monoisotopic (exact) mass is 113 g/mol. The molecule has 0 spiro atoms. The second-order valence-electron chi connectivity index (χ2n) is 1.33. The van der Waals surface area contributed by atoms with Gasteiger partial charge in [0.15, 0.2) is 0 Å². The molecular weight excluding hydrogens is 108 g/mol. The van der Waals surface area contributed by atoms with Crippen LogP contribution in [0.5, 0.6) is 0 Å². The number of aldehydes is 1. The molecule has 0 radical (unpaired) electrons. The van der Waals surface area contributed by atoms with E-state index in [0.29, 0.717) is 6.29 Å². The Morgan fingerprint density at radius 3 is 2.25 bits per heavy atom. The molecule has 44 valence electrons. The van der Waals surface area contributed by atoms with E-state index in [9.17, 15) is 14.7 Å². The number of hydrogen-bond acceptors (Lipinski definition) is 3. The van der Waals surface area contributed by atoms with E-state index >= 15 is 0 Å². The molecule has 0 aliphatic heterocycles. The number of carboxylic acids is 1. The standard InChI is InChI=1S/C5H6O3/c1-4(3-6)2-5(7)8/h2-3H,1H3,(H,7,8)/p-1/b4-2+. The summed E-state index contributed by atoms with van der Waals surface area (Å²) in [6, 6.07) is 0. The van der Waals surface area contributed by atoms with Crippen LogP contribution in [-0.4, -0.2) is 12.3 Å². The summed E-state index contributed by atoms with van der Waals surface area (Å²) in [5.74, 6) is -1.34. The van der Waals surface area contributed by atoms with E-state index in [1.165, 1.54) is 6.92 Å². The molecule has 0 heterocycles. The summed E-state index contributed by atoms with van der Waals surface area (Å²) >= 11 is 0. The molecule has 0 aromatic carbocycles. The van der Waals surface area contributed by atoms with Crippen molar-refractivity contribution in [2.24, 2.45) is 0 Å². The third-order valence-electron chi connectivity index (χ3n) is 0.531. The maximum absolute atomic E-state index is 9.68. The van der Waals surface area contributed by atoms with Crippen LogP contribution in [0, 0.1) is 0 Å². The molecule has 0 aromatic heterocycles. The summed E-state index contributed by atoms with van der Waals surface area (Å²) in [6.07, 6.45) is 1.20. The molecule has 0 amide bonds. The predicted molar refractivity (Wildman–Crippen MR) is 24.8 cm³/mol. The van der Waals surface area contributed by atoms with Crippen LogP contribution in [0.3, 0.4) is 0 Å². The Balaban J connectivity index is 3.94. The van der Waals surface area contributed by atoms with Crippen molar-refractivity contribution in [2.45, 2.75) is 6.92 Å². The third-order valence-corrected chi connectivity index (χ3v) is 0.531. The van der Waals surface area contributed by atoms with Crippen molar-refractivity contribution in [1.82, 2.24) is 0 Å². The van der Waals surface area contributed by atoms with Gasteiger partial charge in [0.05, 0.1) is 5.97 Å². The van der Waals surface area contributed by atoms with E-state index < -0.39 is 5.97 Å². The highest BCUT2D eigenvalue weighted by atomic mass is 16.4. The Morgan fingerprint density at radius 2 is 2.12 bits per heavy atom. The van der Waals surface area contributed by atoms with E-state index in [2.05, 4.69) is 0 Å². The van der Waals surface area contributed by atoms with Gasteiger partial charge in [-0.1, -0.05) is 0 Å². The molecule has 0 aliphatic rings. The Morgan fingerprint density at radius 1 is 1.62 bits per heavy atom. The average Bonchev–Trinajstić information content (AvgIpc) is 1.65. The van der Waals surface area contributed by atoms with E-state index in [1.807, 2.05) is 0 Å². The molecule has 8 heavy (non-hydrogen) atoms. The molecule has 0 atom stereocenters. The largest absolute Gasteiger partial charge is 0.545 e. The van der Waals surface area contributed by atoms with Crippen LogP contribution in [0.25, 0.3) is 0 Å². The fourth-order valence-electron chi connectivity index (χ4n) is 0.220. The summed E-state index contributed by atoms with van der Waals surface area (Å²) in [4.78, 5) is 19.3. The zero-order chi connectivity index (χ0) is 6.57. The summed E-state index contributed by atoms with van der Waals surface area (Å²) in [7, 11) is 0. The lowest BCUT2D eigenvalue weighted by Gasteiger charge is -1.89. The summed E-state index contributed by atoms with van der Waals surface area (Å²) in [5, 5.41) is 9.62. The number of hydrogen-bond donors (Lipinski definition) is 0. The van der Waals surface area contributed by atoms with Crippen LogP contribution in [0.1, 0.15) is 6.92 Å². The van der Waals surface area contributed by atoms with E-state index in [1.54, 1.807) is 0 Å². The predicted octanol–water partition coefficient (Wildman–Crippen LogP) is -1.12. The Hall–Kier alpha value is -1.12. The van der Waals surface area contributed by atoms with E-state index in [4.69, 9.17) is 0 Å². The van der Waals surface area contributed by atoms with Gasteiger partial charge in [-0.25, -0.2) is 0 Å². The number of rotatable bonds is 2. The van der Waals surface area contributed by atoms with Gasteiger partial charge < -0.3 is 9.90 Å². The van der Waals surface area contributed by atoms with Gasteiger partial charge in [-0.3, -0.25) is 4.79 Å². The molecule has 0 unspecified atom stereocenters. The first-order valence-electron chi connectivity index (χ1n) is 2.01. The zero-order valence-electron chi connectivity index (χ0n) is 4.38. The fourth-order valence-corrected chi connectivity index (χ4v) is 0.220. The van der Waals surface area contributed by atoms with Crippen LogP contribution in [0.15, 0.2) is 11.6 Å². The number of carbonyl (C=O) groups excluding carboxylic acids is 2. The van der Waals surface area contributed by atoms with Gasteiger partial charge in [-0.05, 0) is 18.6 Å². The van der Waals surface area contributed by atoms with Crippen molar-refractivity contribution in [3.05, 3.63) is 11.6 Å². The quantitative estimate of drug-likeness (QED) is 0.336. The number of carboxylic acid groups (broad SMARTS) is 1. The normalized spacial score (nSPS) is 10.9. The highest BCUT2D eigenvalue weighted by Gasteiger charge is 1.80. The first-order valence-corrected chi connectivity index (χ1v) is 2.01. The lowest BCUT2D eigenvalue weighted by Crippen LogP contribution is -2.19. The van der Waals surface area contributed by atoms with Crippen LogP contribution < -0.4 is 5.11 Å². The first kappa shape index (κ1) is 6.88. The molecule has 3 heteroatoms. The molecule has 0 bridgehead atoms. The second kappa shape index (κ2) is 2.96. The molecule has 0 aliphatic carbocycles. The lowest BCUT2D eigenvalue weighted by atomic mass is 10.3. The minimum Gasteiger partial charge on any atom is -0.545 e. The SMILES string of the molecule is C/C(C=O)=C\C(=O)[O-]. The van der Waals surface area contributed by atoms with Crippen molar-refractivity contribution < 1.29 is 14.7 Å². The van der Waals surface area contributed by atoms with Gasteiger partial charge >= 0.3 is 0 Å². The number of allylic oxidation sites excluding steroid dienone is 1. The third kappa shape index (κ3) is 3.08. The van der Waals surface area contributed by atoms with Crippen molar-refractivity contribution >= 4 is 12.3 Å². The Kier molecular flexibility index (Phi) is 2.54. The second-order valence-corrected chi connectivity index (χ2v) is 1.33. The lowest BCUT2D eigenvalue weighted by molar-refractivity contribution is -0.297. The van der Waals surface area contributed by atoms with Crippen LogP contribution in [-0.2, 0) is 9.59 Å². The van der Waals surface area contributed by atoms with Gasteiger partial charge in [0.1, 0.15) is 6.29 Å². The van der Waals surface area contributed by atoms with E-state index in [0.717, 1.165) is 6.08 Å². The highest BCUT2D eigenvalue weighted by Crippen LogP contribution is 1.81. The Bertz CT molecular complexity index is 135. The molecule has 0 saturated carbocycles. The molecule has 0 N–H and O–H groups in total. The summed E-state index contributed by atoms with van der Waals surface area (Å²) in [5.41, 5.74) is 0.157. The van der Waals surface area contributed by atoms with Crippen LogP contribution in [0.4, 0.5) is 0 Å². The van der Waals surface area contributed by atoms with Crippen molar-refractivity contribution in [1.29, 1.82) is 0 Å². The summed E-state index contributed by atoms with van der Waals surface area (Å²) < 4.78 is 0. The molecule has 0 fully saturated rings. The average molecular weight is 113 g/mol. The highest BCUT2D eigenvalue weighted by molar-refractivity contribution is 5.86. The molecule has 0 saturated heterocycles. The van der Waals surface area contributed by atoms with Gasteiger partial charge in [-0.15, -0.1) is 0 Å². The maximum atomic E-state index is 9.68. The topological polar surface area (TPSA) is 57.2 Å². The smallest absolute Gasteiger partial charge is 0.145 e. The molecule has 0 aromatic rings. The molecule has 0 rings (SSSR count). The molecule has 3 nitrogen and oxygen atoms in total. The first-order chi connectivity index (χ1) is 3.66. The maximum Gasteiger partial charge on any atom is 0.145 e. The van der Waals surface area contributed by atoms with Gasteiger partial charge in [0, 0.05) is 0 Å². The van der Waals surface area contributed by atoms with Crippen LogP contribution >= 0.6 is 0 Å². The van der Waals surface area contributed by atoms with Gasteiger partial charge in [0.25, 0.3) is 0 Å². The summed E-state index contributed by atoms with van der Waals surface area (Å²) in [6.45, 7) is 1.39. The molecular formula is C5H5O3-. The fraction of sp³-hybridized carbons (Fsp3) is 0.200. The number of carbonyl (C=O) groups is 2. The van der Waals surface area contributed by atoms with Crippen molar-refractivity contribution in [3.8, 4) is 0 Å². The van der Waals surface area contributed by atoms with Gasteiger partial charge in [-0.2, -0.15) is 0 Å². The minimum absolute atomic E-state index is 0.157. The van der Waals surface area contributed by atoms with Crippen LogP contribution in [0.2, 0.25) is 0 Å².